The van der Waals surface area contributed by atoms with Gasteiger partial charge in [0.2, 0.25) is 0 Å². The molecule has 6 nitrogen and oxygen atoms in total. The zero-order valence-corrected chi connectivity index (χ0v) is 10.6. The van der Waals surface area contributed by atoms with Gasteiger partial charge in [-0.2, -0.15) is 0 Å². The molecule has 2 aromatic rings. The highest BCUT2D eigenvalue weighted by atomic mass is 16.2. The first-order valence-corrected chi connectivity index (χ1v) is 5.82. The van der Waals surface area contributed by atoms with Crippen LogP contribution >= 0.6 is 0 Å². The van der Waals surface area contributed by atoms with E-state index < -0.39 is 0 Å². The lowest BCUT2D eigenvalue weighted by Crippen LogP contribution is -2.28. The number of hydrogen-bond acceptors (Lipinski definition) is 4. The van der Waals surface area contributed by atoms with Crippen LogP contribution in [0.25, 0.3) is 0 Å². The third-order valence-corrected chi connectivity index (χ3v) is 2.41. The molecule has 19 heavy (non-hydrogen) atoms. The van der Waals surface area contributed by atoms with E-state index in [1.54, 1.807) is 43.5 Å². The van der Waals surface area contributed by atoms with E-state index in [9.17, 15) is 4.79 Å². The number of nitrogens with one attached hydrogen (secondary N) is 2. The highest BCUT2D eigenvalue weighted by Crippen LogP contribution is 2.11. The fourth-order valence-electron chi connectivity index (χ4n) is 1.57. The van der Waals surface area contributed by atoms with Gasteiger partial charge in [-0.25, -0.2) is 14.8 Å². The number of nitrogens with two attached hydrogens (primary N) is 1. The van der Waals surface area contributed by atoms with Crippen LogP contribution in [0.15, 0.2) is 36.5 Å². The van der Waals surface area contributed by atoms with Crippen molar-refractivity contribution in [3.8, 4) is 0 Å². The molecule has 0 aliphatic carbocycles. The van der Waals surface area contributed by atoms with Gasteiger partial charge in [0, 0.05) is 17.6 Å². The lowest BCUT2D eigenvalue weighted by molar-refractivity contribution is 0.251. The second-order valence-electron chi connectivity index (χ2n) is 4.03. The lowest BCUT2D eigenvalue weighted by atomic mass is 10.3. The molecule has 2 rings (SSSR count). The first-order chi connectivity index (χ1) is 9.13. The predicted octanol–water partition coefficient (Wildman–Crippen LogP) is 1.69. The summed E-state index contributed by atoms with van der Waals surface area (Å²) < 4.78 is 0. The van der Waals surface area contributed by atoms with Crippen LogP contribution in [0, 0.1) is 6.92 Å². The number of nitrogen functional groups attached to an aromatic ring is 1. The maximum atomic E-state index is 11.7. The molecule has 1 aromatic heterocycles. The molecule has 1 aromatic carbocycles. The van der Waals surface area contributed by atoms with Crippen molar-refractivity contribution in [1.82, 2.24) is 15.3 Å². The van der Waals surface area contributed by atoms with E-state index in [0.29, 0.717) is 23.7 Å². The first-order valence-electron chi connectivity index (χ1n) is 5.82. The average Bonchev–Trinajstić information content (AvgIpc) is 2.36. The molecule has 0 aliphatic heterocycles. The number of aryl methyl sites for hydroxylation is 1. The molecule has 0 fully saturated rings. The molecule has 0 saturated carbocycles. The van der Waals surface area contributed by atoms with Crippen LogP contribution in [-0.4, -0.2) is 16.0 Å². The Labute approximate surface area is 111 Å². The first kappa shape index (κ1) is 12.8. The number of benzene rings is 1. The number of rotatable bonds is 3. The molecule has 0 unspecified atom stereocenters. The van der Waals surface area contributed by atoms with E-state index >= 15 is 0 Å². The molecule has 98 valence electrons. The zero-order chi connectivity index (χ0) is 13.7. The van der Waals surface area contributed by atoms with Gasteiger partial charge in [-0.3, -0.25) is 0 Å². The van der Waals surface area contributed by atoms with E-state index in [1.165, 1.54) is 0 Å². The van der Waals surface area contributed by atoms with Crippen molar-refractivity contribution in [1.29, 1.82) is 0 Å². The lowest BCUT2D eigenvalue weighted by Gasteiger charge is -2.08. The summed E-state index contributed by atoms with van der Waals surface area (Å²) >= 11 is 0. The minimum atomic E-state index is -0.304. The van der Waals surface area contributed by atoms with Gasteiger partial charge in [-0.15, -0.1) is 0 Å². The Hall–Kier alpha value is -2.63. The Bertz CT molecular complexity index is 585. The van der Waals surface area contributed by atoms with E-state index in [2.05, 4.69) is 20.6 Å². The summed E-state index contributed by atoms with van der Waals surface area (Å²) in [5.74, 6) is 0.676. The highest BCUT2D eigenvalue weighted by Gasteiger charge is 2.02. The Kier molecular flexibility index (Phi) is 3.92. The van der Waals surface area contributed by atoms with Crippen LogP contribution in [0.4, 0.5) is 16.2 Å². The second kappa shape index (κ2) is 5.81. The Morgan fingerprint density at radius 2 is 2.21 bits per heavy atom. The minimum Gasteiger partial charge on any atom is -0.399 e. The van der Waals surface area contributed by atoms with Crippen LogP contribution in [0.1, 0.15) is 11.5 Å². The maximum absolute atomic E-state index is 11.7. The van der Waals surface area contributed by atoms with Gasteiger partial charge < -0.3 is 16.4 Å². The highest BCUT2D eigenvalue weighted by molar-refractivity contribution is 5.89. The number of carbonyl (C=O) groups excluding carboxylic acids is 1. The molecule has 0 aliphatic rings. The molecule has 0 spiro atoms. The monoisotopic (exact) mass is 257 g/mol. The van der Waals surface area contributed by atoms with Crippen molar-refractivity contribution in [2.45, 2.75) is 13.5 Å². The normalized spacial score (nSPS) is 9.95. The fraction of sp³-hybridized carbons (Fsp3) is 0.154. The van der Waals surface area contributed by atoms with Crippen molar-refractivity contribution < 1.29 is 4.79 Å². The van der Waals surface area contributed by atoms with E-state index in [1.807, 2.05) is 0 Å². The smallest absolute Gasteiger partial charge is 0.319 e. The average molecular weight is 257 g/mol. The summed E-state index contributed by atoms with van der Waals surface area (Å²) in [5, 5.41) is 5.41. The molecule has 1 heterocycles. The molecule has 0 bridgehead atoms. The quantitative estimate of drug-likeness (QED) is 0.729. The van der Waals surface area contributed by atoms with Gasteiger partial charge in [0.25, 0.3) is 0 Å². The number of hydrogen-bond donors (Lipinski definition) is 3. The van der Waals surface area contributed by atoms with Gasteiger partial charge in [0.15, 0.2) is 0 Å². The van der Waals surface area contributed by atoms with Crippen LogP contribution in [0.3, 0.4) is 0 Å². The van der Waals surface area contributed by atoms with Gasteiger partial charge in [-0.05, 0) is 31.2 Å². The second-order valence-corrected chi connectivity index (χ2v) is 4.03. The van der Waals surface area contributed by atoms with Crippen molar-refractivity contribution in [3.05, 3.63) is 48.0 Å². The van der Waals surface area contributed by atoms with Crippen LogP contribution in [-0.2, 0) is 6.54 Å². The van der Waals surface area contributed by atoms with E-state index in [4.69, 9.17) is 5.73 Å². The van der Waals surface area contributed by atoms with E-state index in [0.717, 1.165) is 5.69 Å². The molecule has 2 amide bonds. The molecule has 0 atom stereocenters. The fourth-order valence-corrected chi connectivity index (χ4v) is 1.57. The Morgan fingerprint density at radius 1 is 1.37 bits per heavy atom. The number of aromatic nitrogens is 2. The standard InChI is InChI=1S/C13H15N5O/c1-9-15-6-5-12(17-9)8-16-13(19)18-11-4-2-3-10(14)7-11/h2-7H,8,14H2,1H3,(H2,16,18,19). The predicted molar refractivity (Wildman–Crippen MR) is 73.5 cm³/mol. The molecule has 0 radical (unpaired) electrons. The third-order valence-electron chi connectivity index (χ3n) is 2.41. The molecule has 6 heteroatoms. The zero-order valence-electron chi connectivity index (χ0n) is 10.6. The minimum absolute atomic E-state index is 0.304. The molecule has 0 saturated heterocycles. The summed E-state index contributed by atoms with van der Waals surface area (Å²) in [6.07, 6.45) is 1.66. The third kappa shape index (κ3) is 3.95. The van der Waals surface area contributed by atoms with Gasteiger partial charge >= 0.3 is 6.03 Å². The summed E-state index contributed by atoms with van der Waals surface area (Å²) in [6.45, 7) is 2.15. The number of urea groups is 1. The van der Waals surface area contributed by atoms with Crippen LogP contribution in [0.5, 0.6) is 0 Å². The van der Waals surface area contributed by atoms with Crippen molar-refractivity contribution >= 4 is 17.4 Å². The number of carbonyl (C=O) groups is 1. The van der Waals surface area contributed by atoms with Crippen LogP contribution < -0.4 is 16.4 Å². The Morgan fingerprint density at radius 3 is 2.95 bits per heavy atom. The van der Waals surface area contributed by atoms with Crippen molar-refractivity contribution in [3.63, 3.8) is 0 Å². The van der Waals surface area contributed by atoms with Crippen LogP contribution in [0.2, 0.25) is 0 Å². The Balaban J connectivity index is 1.88. The molecular weight excluding hydrogens is 242 g/mol. The number of nitrogens with zero attached hydrogens (tertiary/aromatic N) is 2. The molecule has 4 N–H and O–H groups in total. The number of anilines is 2. The largest absolute Gasteiger partial charge is 0.399 e. The van der Waals surface area contributed by atoms with Crippen molar-refractivity contribution in [2.75, 3.05) is 11.1 Å². The SMILES string of the molecule is Cc1nccc(CNC(=O)Nc2cccc(N)c2)n1. The van der Waals surface area contributed by atoms with Gasteiger partial charge in [0.1, 0.15) is 5.82 Å². The summed E-state index contributed by atoms with van der Waals surface area (Å²) in [5.41, 5.74) is 7.64. The van der Waals surface area contributed by atoms with E-state index in [-0.39, 0.29) is 6.03 Å². The molecular formula is C13H15N5O. The van der Waals surface area contributed by atoms with Gasteiger partial charge in [-0.1, -0.05) is 6.07 Å². The van der Waals surface area contributed by atoms with Gasteiger partial charge in [0.05, 0.1) is 12.2 Å². The topological polar surface area (TPSA) is 92.9 Å². The maximum Gasteiger partial charge on any atom is 0.319 e. The van der Waals surface area contributed by atoms with Crippen molar-refractivity contribution in [2.24, 2.45) is 0 Å². The summed E-state index contributed by atoms with van der Waals surface area (Å²) in [7, 11) is 0. The summed E-state index contributed by atoms with van der Waals surface area (Å²) in [6, 6.07) is 8.44. The number of amides is 2. The summed E-state index contributed by atoms with van der Waals surface area (Å²) in [4.78, 5) is 19.9.